The normalized spacial score (nSPS) is 10.1. The van der Waals surface area contributed by atoms with E-state index in [1.165, 1.54) is 6.07 Å². The van der Waals surface area contributed by atoms with E-state index in [0.29, 0.717) is 17.9 Å². The molecule has 102 valence electrons. The lowest BCUT2D eigenvalue weighted by Crippen LogP contribution is -2.00. The maximum absolute atomic E-state index is 10.8. The Morgan fingerprint density at radius 1 is 1.50 bits per heavy atom. The van der Waals surface area contributed by atoms with E-state index >= 15 is 0 Å². The van der Waals surface area contributed by atoms with Gasteiger partial charge >= 0.3 is 5.97 Å². The van der Waals surface area contributed by atoms with Gasteiger partial charge in [-0.25, -0.2) is 4.79 Å². The first-order chi connectivity index (χ1) is 9.51. The molecule has 0 bridgehead atoms. The number of aromatic carboxylic acids is 1. The molecule has 0 saturated carbocycles. The number of carboxylic acids is 1. The molecular weight excluding hydrogens is 324 g/mol. The molecule has 0 aliphatic heterocycles. The van der Waals surface area contributed by atoms with Crippen molar-refractivity contribution in [3.63, 3.8) is 0 Å². The second kappa shape index (κ2) is 5.80. The fraction of sp³-hybridized carbons (Fsp3) is 0.143. The first-order valence-electron chi connectivity index (χ1n) is 5.77. The second-order valence-corrected chi connectivity index (χ2v) is 5.01. The predicted molar refractivity (Wildman–Crippen MR) is 76.6 cm³/mol. The van der Waals surface area contributed by atoms with Crippen LogP contribution in [0.3, 0.4) is 0 Å². The number of hydrogen-bond acceptors (Lipinski definition) is 4. The van der Waals surface area contributed by atoms with Crippen LogP contribution in [-0.4, -0.2) is 11.1 Å². The average Bonchev–Trinajstić information content (AvgIpc) is 2.79. The van der Waals surface area contributed by atoms with Gasteiger partial charge < -0.3 is 14.8 Å². The molecular formula is C14H11BrN2O3. The maximum Gasteiger partial charge on any atom is 0.371 e. The fourth-order valence-electron chi connectivity index (χ4n) is 1.72. The molecule has 1 heterocycles. The monoisotopic (exact) mass is 334 g/mol. The van der Waals surface area contributed by atoms with Crippen molar-refractivity contribution in [1.82, 2.24) is 0 Å². The zero-order chi connectivity index (χ0) is 14.7. The molecule has 5 nitrogen and oxygen atoms in total. The van der Waals surface area contributed by atoms with Crippen LogP contribution in [0.2, 0.25) is 0 Å². The van der Waals surface area contributed by atoms with Gasteiger partial charge in [0.15, 0.2) is 0 Å². The number of carboxylic acid groups (broad SMARTS) is 1. The first kappa shape index (κ1) is 14.2. The van der Waals surface area contributed by atoms with Crippen LogP contribution in [0.5, 0.6) is 0 Å². The lowest BCUT2D eigenvalue weighted by Gasteiger charge is -2.08. The van der Waals surface area contributed by atoms with Crippen LogP contribution in [0.25, 0.3) is 0 Å². The van der Waals surface area contributed by atoms with Gasteiger partial charge in [0.2, 0.25) is 5.76 Å². The Balaban J connectivity index is 2.13. The van der Waals surface area contributed by atoms with E-state index in [1.807, 2.05) is 0 Å². The third-order valence-electron chi connectivity index (χ3n) is 2.80. The van der Waals surface area contributed by atoms with Crippen LogP contribution in [-0.2, 0) is 6.54 Å². The summed E-state index contributed by atoms with van der Waals surface area (Å²) >= 11 is 3.38. The molecule has 0 amide bonds. The van der Waals surface area contributed by atoms with E-state index in [0.717, 1.165) is 15.7 Å². The third kappa shape index (κ3) is 3.00. The molecule has 2 aromatic rings. The Morgan fingerprint density at radius 2 is 2.25 bits per heavy atom. The van der Waals surface area contributed by atoms with E-state index in [2.05, 4.69) is 27.3 Å². The number of nitrogens with zero attached hydrogens (tertiary/aromatic N) is 1. The van der Waals surface area contributed by atoms with Crippen molar-refractivity contribution in [2.24, 2.45) is 0 Å². The smallest absolute Gasteiger partial charge is 0.371 e. The Bertz CT molecular complexity index is 701. The number of nitrogens with one attached hydrogen (secondary N) is 1. The molecule has 6 heteroatoms. The maximum atomic E-state index is 10.8. The van der Waals surface area contributed by atoms with Gasteiger partial charge in [-0.3, -0.25) is 0 Å². The SMILES string of the molecule is Cc1oc(C(=O)O)cc1CNc1ccc(C#N)cc1Br. The molecule has 2 N–H and O–H groups in total. The number of furan rings is 1. The number of aryl methyl sites for hydroxylation is 1. The topological polar surface area (TPSA) is 86.3 Å². The first-order valence-corrected chi connectivity index (χ1v) is 6.56. The number of anilines is 1. The molecule has 0 spiro atoms. The van der Waals surface area contributed by atoms with E-state index < -0.39 is 5.97 Å². The molecule has 0 radical (unpaired) electrons. The molecule has 0 fully saturated rings. The third-order valence-corrected chi connectivity index (χ3v) is 3.45. The largest absolute Gasteiger partial charge is 0.475 e. The standard InChI is InChI=1S/C14H11BrN2O3/c1-8-10(5-13(20-8)14(18)19)7-17-12-3-2-9(6-16)4-11(12)15/h2-5,17H,7H2,1H3,(H,18,19). The fourth-order valence-corrected chi connectivity index (χ4v) is 2.24. The van der Waals surface area contributed by atoms with E-state index in [9.17, 15) is 4.79 Å². The Labute approximate surface area is 124 Å². The zero-order valence-electron chi connectivity index (χ0n) is 10.6. The molecule has 0 unspecified atom stereocenters. The van der Waals surface area contributed by atoms with Crippen LogP contribution in [0.15, 0.2) is 33.2 Å². The Hall–Kier alpha value is -2.26. The summed E-state index contributed by atoms with van der Waals surface area (Å²) in [6, 6.07) is 8.77. The highest BCUT2D eigenvalue weighted by Gasteiger charge is 2.13. The van der Waals surface area contributed by atoms with Gasteiger partial charge in [0, 0.05) is 22.3 Å². The Kier molecular flexibility index (Phi) is 4.11. The van der Waals surface area contributed by atoms with Gasteiger partial charge in [-0.1, -0.05) is 0 Å². The molecule has 1 aromatic heterocycles. The van der Waals surface area contributed by atoms with Crippen molar-refractivity contribution in [3.8, 4) is 6.07 Å². The van der Waals surface area contributed by atoms with Crippen molar-refractivity contribution in [3.05, 3.63) is 51.4 Å². The molecule has 0 aliphatic rings. The van der Waals surface area contributed by atoms with E-state index in [-0.39, 0.29) is 5.76 Å². The minimum atomic E-state index is -1.08. The molecule has 2 rings (SSSR count). The summed E-state index contributed by atoms with van der Waals surface area (Å²) in [6.07, 6.45) is 0. The number of carbonyl (C=O) groups is 1. The van der Waals surface area contributed by atoms with Crippen molar-refractivity contribution in [2.75, 3.05) is 5.32 Å². The summed E-state index contributed by atoms with van der Waals surface area (Å²) in [5, 5.41) is 20.8. The van der Waals surface area contributed by atoms with Gasteiger partial charge in [0.25, 0.3) is 0 Å². The summed E-state index contributed by atoms with van der Waals surface area (Å²) in [7, 11) is 0. The highest BCUT2D eigenvalue weighted by atomic mass is 79.9. The van der Waals surface area contributed by atoms with Gasteiger partial charge in [0.05, 0.1) is 11.6 Å². The van der Waals surface area contributed by atoms with Gasteiger partial charge in [0.1, 0.15) is 5.76 Å². The number of hydrogen-bond donors (Lipinski definition) is 2. The van der Waals surface area contributed by atoms with E-state index in [1.54, 1.807) is 25.1 Å². The van der Waals surface area contributed by atoms with Crippen LogP contribution >= 0.6 is 15.9 Å². The lowest BCUT2D eigenvalue weighted by atomic mass is 10.2. The van der Waals surface area contributed by atoms with Crippen molar-refractivity contribution in [2.45, 2.75) is 13.5 Å². The van der Waals surface area contributed by atoms with E-state index in [4.69, 9.17) is 14.8 Å². The van der Waals surface area contributed by atoms with Crippen molar-refractivity contribution >= 4 is 27.6 Å². The lowest BCUT2D eigenvalue weighted by molar-refractivity contribution is 0.0661. The minimum Gasteiger partial charge on any atom is -0.475 e. The molecule has 20 heavy (non-hydrogen) atoms. The highest BCUT2D eigenvalue weighted by molar-refractivity contribution is 9.10. The minimum absolute atomic E-state index is 0.0711. The zero-order valence-corrected chi connectivity index (χ0v) is 12.2. The van der Waals surface area contributed by atoms with Crippen LogP contribution in [0, 0.1) is 18.3 Å². The van der Waals surface area contributed by atoms with Crippen LogP contribution in [0.1, 0.15) is 27.4 Å². The molecule has 0 saturated heterocycles. The van der Waals surface area contributed by atoms with Gasteiger partial charge in [-0.15, -0.1) is 0 Å². The van der Waals surface area contributed by atoms with Gasteiger partial charge in [-0.05, 0) is 47.1 Å². The predicted octanol–water partition coefficient (Wildman–Crippen LogP) is 3.53. The van der Waals surface area contributed by atoms with Gasteiger partial charge in [-0.2, -0.15) is 5.26 Å². The molecule has 0 aliphatic carbocycles. The number of halogens is 1. The van der Waals surface area contributed by atoms with Crippen LogP contribution in [0.4, 0.5) is 5.69 Å². The molecule has 0 atom stereocenters. The summed E-state index contributed by atoms with van der Waals surface area (Å²) in [4.78, 5) is 10.8. The summed E-state index contributed by atoms with van der Waals surface area (Å²) < 4.78 is 5.91. The number of benzene rings is 1. The summed E-state index contributed by atoms with van der Waals surface area (Å²) in [5.41, 5.74) is 2.16. The van der Waals surface area contributed by atoms with Crippen molar-refractivity contribution in [1.29, 1.82) is 5.26 Å². The number of nitriles is 1. The summed E-state index contributed by atoms with van der Waals surface area (Å²) in [6.45, 7) is 2.16. The van der Waals surface area contributed by atoms with Crippen molar-refractivity contribution < 1.29 is 14.3 Å². The summed E-state index contributed by atoms with van der Waals surface area (Å²) in [5.74, 6) is -0.586. The Morgan fingerprint density at radius 3 is 2.80 bits per heavy atom. The molecule has 1 aromatic carbocycles. The quantitative estimate of drug-likeness (QED) is 0.893. The highest BCUT2D eigenvalue weighted by Crippen LogP contribution is 2.25. The van der Waals surface area contributed by atoms with Crippen LogP contribution < -0.4 is 5.32 Å². The average molecular weight is 335 g/mol. The second-order valence-electron chi connectivity index (χ2n) is 4.16. The number of rotatable bonds is 4.